The number of urea groups is 1. The van der Waals surface area contributed by atoms with Crippen molar-refractivity contribution >= 4 is 12.0 Å². The Hall–Kier alpha value is -1.30. The molecular formula is C12H25N3O3. The molecule has 6 nitrogen and oxygen atoms in total. The maximum atomic E-state index is 10.5. The minimum atomic E-state index is -0.747. The van der Waals surface area contributed by atoms with Crippen molar-refractivity contribution in [3.05, 3.63) is 0 Å². The normalized spacial score (nSPS) is 14.9. The predicted octanol–water partition coefficient (Wildman–Crippen LogP) is 1.01. The van der Waals surface area contributed by atoms with Gasteiger partial charge in [-0.3, -0.25) is 4.79 Å². The zero-order valence-electron chi connectivity index (χ0n) is 11.3. The van der Waals surface area contributed by atoms with Crippen molar-refractivity contribution in [2.75, 3.05) is 19.6 Å². The van der Waals surface area contributed by atoms with Gasteiger partial charge in [0.15, 0.2) is 0 Å². The third-order valence-electron chi connectivity index (χ3n) is 2.56. The molecule has 106 valence electrons. The van der Waals surface area contributed by atoms with Crippen LogP contribution in [-0.4, -0.2) is 47.7 Å². The standard InChI is InChI=1S/C6H12N2O.C6H13NO2/c7-6(9)8-4-2-1-3-5-8;1-5(2)7-4-3-6(8)9/h1-5H2,(H2,7,9);5,7H,3-4H2,1-2H3,(H,8,9). The maximum absolute atomic E-state index is 10.5. The molecule has 0 aliphatic carbocycles. The fourth-order valence-corrected chi connectivity index (χ4v) is 1.58. The molecule has 2 amide bonds. The Morgan fingerprint density at radius 3 is 2.17 bits per heavy atom. The van der Waals surface area contributed by atoms with Crippen LogP contribution in [0.15, 0.2) is 0 Å². The zero-order valence-corrected chi connectivity index (χ0v) is 11.3. The van der Waals surface area contributed by atoms with Crippen molar-refractivity contribution in [3.8, 4) is 0 Å². The maximum Gasteiger partial charge on any atom is 0.314 e. The Bertz CT molecular complexity index is 251. The van der Waals surface area contributed by atoms with Gasteiger partial charge in [-0.25, -0.2) is 4.79 Å². The Labute approximate surface area is 109 Å². The van der Waals surface area contributed by atoms with Gasteiger partial charge in [-0.05, 0) is 19.3 Å². The number of nitrogens with two attached hydrogens (primary N) is 1. The molecule has 0 radical (unpaired) electrons. The van der Waals surface area contributed by atoms with E-state index in [9.17, 15) is 9.59 Å². The summed E-state index contributed by atoms with van der Waals surface area (Å²) in [5.74, 6) is -0.747. The number of hydrogen-bond acceptors (Lipinski definition) is 3. The molecule has 1 aliphatic heterocycles. The summed E-state index contributed by atoms with van der Waals surface area (Å²) in [7, 11) is 0. The third-order valence-corrected chi connectivity index (χ3v) is 2.56. The average Bonchev–Trinajstić information content (AvgIpc) is 2.30. The molecule has 1 rings (SSSR count). The van der Waals surface area contributed by atoms with Gasteiger partial charge >= 0.3 is 12.0 Å². The molecule has 0 saturated carbocycles. The average molecular weight is 259 g/mol. The fourth-order valence-electron chi connectivity index (χ4n) is 1.58. The summed E-state index contributed by atoms with van der Waals surface area (Å²) in [6.07, 6.45) is 3.67. The van der Waals surface area contributed by atoms with E-state index in [1.807, 2.05) is 13.8 Å². The van der Waals surface area contributed by atoms with E-state index in [1.165, 1.54) is 6.42 Å². The smallest absolute Gasteiger partial charge is 0.314 e. The number of likely N-dealkylation sites (tertiary alicyclic amines) is 1. The van der Waals surface area contributed by atoms with Crippen molar-refractivity contribution in [1.82, 2.24) is 10.2 Å². The SMILES string of the molecule is CC(C)NCCC(=O)O.NC(=O)N1CCCCC1. The molecule has 6 heteroatoms. The van der Waals surface area contributed by atoms with Gasteiger partial charge in [0.2, 0.25) is 0 Å². The Morgan fingerprint density at radius 2 is 1.83 bits per heavy atom. The highest BCUT2D eigenvalue weighted by molar-refractivity contribution is 5.71. The minimum absolute atomic E-state index is 0.207. The van der Waals surface area contributed by atoms with Crippen molar-refractivity contribution in [1.29, 1.82) is 0 Å². The largest absolute Gasteiger partial charge is 0.481 e. The van der Waals surface area contributed by atoms with E-state index in [0.717, 1.165) is 25.9 Å². The summed E-state index contributed by atoms with van der Waals surface area (Å²) < 4.78 is 0. The first-order chi connectivity index (χ1) is 8.43. The zero-order chi connectivity index (χ0) is 14.0. The number of primary amides is 1. The number of carbonyl (C=O) groups excluding carboxylic acids is 1. The number of carboxylic acid groups (broad SMARTS) is 1. The number of aliphatic carboxylic acids is 1. The Kier molecular flexibility index (Phi) is 9.00. The summed E-state index contributed by atoms with van der Waals surface area (Å²) in [5, 5.41) is 11.2. The molecule has 0 bridgehead atoms. The topological polar surface area (TPSA) is 95.7 Å². The van der Waals surface area contributed by atoms with Crippen molar-refractivity contribution < 1.29 is 14.7 Å². The lowest BCUT2D eigenvalue weighted by atomic mass is 10.1. The molecule has 0 unspecified atom stereocenters. The molecule has 18 heavy (non-hydrogen) atoms. The highest BCUT2D eigenvalue weighted by atomic mass is 16.4. The number of carboxylic acids is 1. The molecular weight excluding hydrogens is 234 g/mol. The van der Waals surface area contributed by atoms with Gasteiger partial charge in [-0.15, -0.1) is 0 Å². The monoisotopic (exact) mass is 259 g/mol. The van der Waals surface area contributed by atoms with E-state index < -0.39 is 5.97 Å². The van der Waals surface area contributed by atoms with Crippen LogP contribution in [0, 0.1) is 0 Å². The summed E-state index contributed by atoms with van der Waals surface area (Å²) in [6, 6.07) is 0.110. The van der Waals surface area contributed by atoms with Crippen LogP contribution < -0.4 is 11.1 Å². The molecule has 0 aromatic rings. The first-order valence-electron chi connectivity index (χ1n) is 6.43. The van der Waals surface area contributed by atoms with Crippen LogP contribution in [-0.2, 0) is 4.79 Å². The van der Waals surface area contributed by atoms with Crippen molar-refractivity contribution in [2.45, 2.75) is 45.6 Å². The van der Waals surface area contributed by atoms with E-state index in [-0.39, 0.29) is 12.5 Å². The number of rotatable bonds is 4. The molecule has 1 heterocycles. The first-order valence-corrected chi connectivity index (χ1v) is 6.43. The molecule has 0 spiro atoms. The lowest BCUT2D eigenvalue weighted by Gasteiger charge is -2.24. The van der Waals surface area contributed by atoms with Crippen LogP contribution in [0.3, 0.4) is 0 Å². The number of nitrogens with zero attached hydrogens (tertiary/aromatic N) is 1. The second-order valence-electron chi connectivity index (χ2n) is 4.64. The summed E-state index contributed by atoms with van der Waals surface area (Å²) >= 11 is 0. The summed E-state index contributed by atoms with van der Waals surface area (Å²) in [5.41, 5.74) is 5.05. The first kappa shape index (κ1) is 16.7. The quantitative estimate of drug-likeness (QED) is 0.702. The molecule has 1 aliphatic rings. The summed E-state index contributed by atoms with van der Waals surface area (Å²) in [4.78, 5) is 22.1. The van der Waals surface area contributed by atoms with Crippen molar-refractivity contribution in [2.24, 2.45) is 5.73 Å². The molecule has 1 saturated heterocycles. The molecule has 4 N–H and O–H groups in total. The number of amides is 2. The number of carbonyl (C=O) groups is 2. The second kappa shape index (κ2) is 9.70. The molecule has 1 fully saturated rings. The fraction of sp³-hybridized carbons (Fsp3) is 0.833. The second-order valence-corrected chi connectivity index (χ2v) is 4.64. The minimum Gasteiger partial charge on any atom is -0.481 e. The summed E-state index contributed by atoms with van der Waals surface area (Å²) in [6.45, 7) is 6.25. The van der Waals surface area contributed by atoms with Crippen LogP contribution >= 0.6 is 0 Å². The van der Waals surface area contributed by atoms with Gasteiger partial charge in [-0.2, -0.15) is 0 Å². The number of hydrogen-bond donors (Lipinski definition) is 3. The van der Waals surface area contributed by atoms with E-state index in [4.69, 9.17) is 10.8 Å². The predicted molar refractivity (Wildman–Crippen MR) is 70.4 cm³/mol. The Balaban J connectivity index is 0.000000321. The van der Waals surface area contributed by atoms with Gasteiger partial charge < -0.3 is 21.1 Å². The molecule has 0 aromatic heterocycles. The van der Waals surface area contributed by atoms with Crippen LogP contribution in [0.4, 0.5) is 4.79 Å². The highest BCUT2D eigenvalue weighted by Gasteiger charge is 2.11. The van der Waals surface area contributed by atoms with Gasteiger partial charge in [-0.1, -0.05) is 13.8 Å². The van der Waals surface area contributed by atoms with Crippen LogP contribution in [0.1, 0.15) is 39.5 Å². The van der Waals surface area contributed by atoms with Gasteiger partial charge in [0.1, 0.15) is 0 Å². The lowest BCUT2D eigenvalue weighted by molar-refractivity contribution is -0.136. The lowest BCUT2D eigenvalue weighted by Crippen LogP contribution is -2.39. The van der Waals surface area contributed by atoms with E-state index in [0.29, 0.717) is 12.6 Å². The molecule has 0 aromatic carbocycles. The van der Waals surface area contributed by atoms with Crippen LogP contribution in [0.2, 0.25) is 0 Å². The van der Waals surface area contributed by atoms with E-state index >= 15 is 0 Å². The highest BCUT2D eigenvalue weighted by Crippen LogP contribution is 2.07. The van der Waals surface area contributed by atoms with E-state index in [1.54, 1.807) is 4.90 Å². The van der Waals surface area contributed by atoms with Gasteiger partial charge in [0.25, 0.3) is 0 Å². The van der Waals surface area contributed by atoms with Crippen LogP contribution in [0.5, 0.6) is 0 Å². The van der Waals surface area contributed by atoms with Gasteiger partial charge in [0.05, 0.1) is 6.42 Å². The third kappa shape index (κ3) is 9.89. The number of piperidine rings is 1. The van der Waals surface area contributed by atoms with Crippen LogP contribution in [0.25, 0.3) is 0 Å². The molecule has 0 atom stereocenters. The number of nitrogens with one attached hydrogen (secondary N) is 1. The van der Waals surface area contributed by atoms with E-state index in [2.05, 4.69) is 5.32 Å². The Morgan fingerprint density at radius 1 is 1.28 bits per heavy atom. The van der Waals surface area contributed by atoms with Gasteiger partial charge in [0, 0.05) is 25.7 Å². The van der Waals surface area contributed by atoms with Crippen molar-refractivity contribution in [3.63, 3.8) is 0 Å².